The molecule has 3 rings (SSSR count). The third kappa shape index (κ3) is 11.3. The van der Waals surface area contributed by atoms with Gasteiger partial charge in [-0.1, -0.05) is 59.6 Å². The highest BCUT2D eigenvalue weighted by molar-refractivity contribution is 7.09. The smallest absolute Gasteiger partial charge is 0.306 e. The van der Waals surface area contributed by atoms with Crippen LogP contribution in [0.2, 0.25) is 0 Å². The molecule has 11 nitrogen and oxygen atoms in total. The second-order valence-electron chi connectivity index (χ2n) is 13.9. The molecule has 4 N–H and O–H groups in total. The van der Waals surface area contributed by atoms with Crippen molar-refractivity contribution in [1.82, 2.24) is 25.4 Å². The number of benzene rings is 1. The lowest BCUT2D eigenvalue weighted by atomic mass is 9.92. The predicted octanol–water partition coefficient (Wildman–Crippen LogP) is 4.66. The van der Waals surface area contributed by atoms with E-state index in [1.54, 1.807) is 36.4 Å². The van der Waals surface area contributed by atoms with E-state index in [0.29, 0.717) is 17.8 Å². The van der Waals surface area contributed by atoms with Crippen molar-refractivity contribution in [2.75, 3.05) is 20.6 Å². The van der Waals surface area contributed by atoms with Gasteiger partial charge >= 0.3 is 5.97 Å². The molecule has 2 heterocycles. The molecule has 49 heavy (non-hydrogen) atoms. The Morgan fingerprint density at radius 3 is 2.35 bits per heavy atom. The first kappa shape index (κ1) is 40.0. The molecule has 3 amide bonds. The molecular weight excluding hydrogens is 649 g/mol. The van der Waals surface area contributed by atoms with Crippen LogP contribution in [0.4, 0.5) is 4.39 Å². The number of rotatable bonds is 17. The number of nitrogens with one attached hydrogen (secondary N) is 2. The second-order valence-corrected chi connectivity index (χ2v) is 14.8. The molecule has 1 aliphatic rings. The molecule has 1 aromatic carbocycles. The van der Waals surface area contributed by atoms with Gasteiger partial charge in [0.25, 0.3) is 5.91 Å². The molecule has 1 aromatic heterocycles. The largest absolute Gasteiger partial charge is 0.481 e. The Labute approximate surface area is 293 Å². The zero-order valence-electron chi connectivity index (χ0n) is 29.8. The van der Waals surface area contributed by atoms with Gasteiger partial charge in [0.2, 0.25) is 11.8 Å². The Balaban J connectivity index is 1.71. The molecule has 13 heteroatoms. The average molecular weight is 704 g/mol. The number of halogens is 1. The lowest BCUT2D eigenvalue weighted by Crippen LogP contribution is -2.58. The maximum Gasteiger partial charge on any atom is 0.306 e. The van der Waals surface area contributed by atoms with Crippen LogP contribution in [0.1, 0.15) is 100 Å². The number of amides is 3. The lowest BCUT2D eigenvalue weighted by molar-refractivity contribution is -0.141. The summed E-state index contributed by atoms with van der Waals surface area (Å²) < 4.78 is 13.4. The number of hydrogen-bond acceptors (Lipinski definition) is 8. The molecule has 0 bridgehead atoms. The number of hydrogen-bond donors (Lipinski definition) is 4. The average Bonchev–Trinajstić information content (AvgIpc) is 3.57. The Morgan fingerprint density at radius 2 is 1.76 bits per heavy atom. The molecule has 2 aromatic rings. The summed E-state index contributed by atoms with van der Waals surface area (Å²) in [6.07, 6.45) is 3.03. The fraction of sp³-hybridized carbons (Fsp3) is 0.639. The molecule has 0 radical (unpaired) electrons. The monoisotopic (exact) mass is 703 g/mol. The zero-order valence-corrected chi connectivity index (χ0v) is 30.6. The molecule has 2 unspecified atom stereocenters. The lowest BCUT2D eigenvalue weighted by Gasteiger charge is -2.38. The Kier molecular flexibility index (Phi) is 15.1. The van der Waals surface area contributed by atoms with E-state index < -0.39 is 41.8 Å². The minimum absolute atomic E-state index is 0.0347. The summed E-state index contributed by atoms with van der Waals surface area (Å²) in [5.41, 5.74) is 0.831. The summed E-state index contributed by atoms with van der Waals surface area (Å²) in [5, 5.41) is 28.5. The minimum atomic E-state index is -1.07. The SMILES string of the molecule is CCC(C)[C@H](NC(=O)[C@H]1CCCCN1C)C(=O)N(C)C(C[C@@H](O)c1nc(C(=O)N[C@@H](Cc2ccc(F)cc2)C[C@H](C)C(=O)O)cs1)C(C)C. The standard InChI is InChI=1S/C36H54FN5O6S/c1-8-22(4)31(40-33(45)28-11-9-10-16-41(28)6)35(46)42(7)29(21(2)3)19-30(43)34-39-27(20-49-34)32(44)38-26(17-23(5)36(47)48)18-24-12-14-25(37)15-13-24/h12-15,20-23,26,28-31,43H,8-11,16-19H2,1-7H3,(H,38,44)(H,40,45)(H,47,48)/t22?,23-,26+,28+,29?,30+,31-/m0/s1. The third-order valence-electron chi connectivity index (χ3n) is 9.76. The normalized spacial score (nSPS) is 18.9. The number of carbonyl (C=O) groups excluding carboxylic acids is 3. The zero-order chi connectivity index (χ0) is 36.4. The van der Waals surface area contributed by atoms with E-state index in [4.69, 9.17) is 0 Å². The van der Waals surface area contributed by atoms with E-state index >= 15 is 0 Å². The van der Waals surface area contributed by atoms with Crippen LogP contribution in [0, 0.1) is 23.6 Å². The van der Waals surface area contributed by atoms with E-state index in [9.17, 15) is 33.8 Å². The second kappa shape index (κ2) is 18.5. The van der Waals surface area contributed by atoms with Crippen LogP contribution in [0.25, 0.3) is 0 Å². The predicted molar refractivity (Wildman–Crippen MR) is 188 cm³/mol. The van der Waals surface area contributed by atoms with E-state index in [0.717, 1.165) is 42.7 Å². The molecule has 1 aliphatic heterocycles. The van der Waals surface area contributed by atoms with Crippen LogP contribution in [0.5, 0.6) is 0 Å². The summed E-state index contributed by atoms with van der Waals surface area (Å²) >= 11 is 1.13. The van der Waals surface area contributed by atoms with Crippen molar-refractivity contribution in [3.63, 3.8) is 0 Å². The van der Waals surface area contributed by atoms with Crippen LogP contribution in [-0.2, 0) is 20.8 Å². The van der Waals surface area contributed by atoms with Gasteiger partial charge in [-0.25, -0.2) is 9.37 Å². The fourth-order valence-corrected chi connectivity index (χ4v) is 7.16. The number of carboxylic acid groups (broad SMARTS) is 1. The van der Waals surface area contributed by atoms with Crippen LogP contribution < -0.4 is 10.6 Å². The van der Waals surface area contributed by atoms with Crippen LogP contribution >= 0.6 is 11.3 Å². The Morgan fingerprint density at radius 1 is 1.08 bits per heavy atom. The van der Waals surface area contributed by atoms with Crippen molar-refractivity contribution >= 4 is 35.0 Å². The highest BCUT2D eigenvalue weighted by Crippen LogP contribution is 2.28. The van der Waals surface area contributed by atoms with E-state index in [2.05, 4.69) is 15.6 Å². The van der Waals surface area contributed by atoms with E-state index in [1.807, 2.05) is 39.6 Å². The topological polar surface area (TPSA) is 152 Å². The molecule has 272 valence electrons. The van der Waals surface area contributed by atoms with Gasteiger partial charge in [0.1, 0.15) is 28.7 Å². The van der Waals surface area contributed by atoms with Crippen molar-refractivity contribution in [3.05, 3.63) is 51.7 Å². The minimum Gasteiger partial charge on any atom is -0.481 e. The number of likely N-dealkylation sites (tertiary alicyclic amines) is 1. The number of aromatic nitrogens is 1. The molecule has 0 saturated carbocycles. The number of aliphatic carboxylic acids is 1. The van der Waals surface area contributed by atoms with E-state index in [-0.39, 0.29) is 54.3 Å². The molecule has 1 saturated heterocycles. The molecule has 0 spiro atoms. The van der Waals surface area contributed by atoms with Gasteiger partial charge in [0, 0.05) is 30.9 Å². The van der Waals surface area contributed by atoms with Gasteiger partial charge < -0.3 is 25.7 Å². The highest BCUT2D eigenvalue weighted by atomic mass is 32.1. The molecule has 1 fully saturated rings. The highest BCUT2D eigenvalue weighted by Gasteiger charge is 2.36. The maximum absolute atomic E-state index is 14.0. The summed E-state index contributed by atoms with van der Waals surface area (Å²) in [7, 11) is 3.64. The Hall–Kier alpha value is -3.42. The quantitative estimate of drug-likeness (QED) is 0.186. The van der Waals surface area contributed by atoms with Gasteiger partial charge in [0.15, 0.2) is 0 Å². The summed E-state index contributed by atoms with van der Waals surface area (Å²) in [4.78, 5) is 60.2. The fourth-order valence-electron chi connectivity index (χ4n) is 6.36. The van der Waals surface area contributed by atoms with Crippen molar-refractivity contribution in [2.24, 2.45) is 17.8 Å². The Bertz CT molecular complexity index is 1400. The maximum atomic E-state index is 14.0. The third-order valence-corrected chi connectivity index (χ3v) is 10.7. The summed E-state index contributed by atoms with van der Waals surface area (Å²) in [6.45, 7) is 10.3. The van der Waals surface area contributed by atoms with Crippen LogP contribution in [0.15, 0.2) is 29.6 Å². The van der Waals surface area contributed by atoms with Crippen molar-refractivity contribution in [1.29, 1.82) is 0 Å². The van der Waals surface area contributed by atoms with Gasteiger partial charge in [-0.3, -0.25) is 24.1 Å². The number of likely N-dealkylation sites (N-methyl/N-ethyl adjacent to an activating group) is 2. The number of piperidine rings is 1. The van der Waals surface area contributed by atoms with Gasteiger partial charge in [0.05, 0.1) is 12.0 Å². The number of carboxylic acids is 1. The van der Waals surface area contributed by atoms with E-state index in [1.165, 1.54) is 12.1 Å². The summed E-state index contributed by atoms with van der Waals surface area (Å²) in [6, 6.07) is 3.90. The van der Waals surface area contributed by atoms with Gasteiger partial charge in [-0.05, 0) is 68.8 Å². The van der Waals surface area contributed by atoms with Crippen LogP contribution in [0.3, 0.4) is 0 Å². The first-order valence-electron chi connectivity index (χ1n) is 17.3. The van der Waals surface area contributed by atoms with Crippen molar-refractivity contribution in [3.8, 4) is 0 Å². The number of thiazole rings is 1. The molecule has 7 atom stereocenters. The summed E-state index contributed by atoms with van der Waals surface area (Å²) in [5.74, 6) is -3.11. The molecule has 0 aliphatic carbocycles. The van der Waals surface area contributed by atoms with Crippen LogP contribution in [-0.4, -0.2) is 93.5 Å². The van der Waals surface area contributed by atoms with Gasteiger partial charge in [-0.15, -0.1) is 11.3 Å². The number of aliphatic hydroxyl groups excluding tert-OH is 1. The number of nitrogens with zero attached hydrogens (tertiary/aromatic N) is 3. The van der Waals surface area contributed by atoms with Crippen molar-refractivity contribution < 1.29 is 33.8 Å². The molecular formula is C36H54FN5O6S. The number of carbonyl (C=O) groups is 4. The number of aliphatic hydroxyl groups is 1. The van der Waals surface area contributed by atoms with Gasteiger partial charge in [-0.2, -0.15) is 0 Å². The van der Waals surface area contributed by atoms with Crippen molar-refractivity contribution in [2.45, 2.75) is 110 Å². The first-order valence-corrected chi connectivity index (χ1v) is 18.2. The first-order chi connectivity index (χ1) is 23.1.